The molecule has 1 N–H and O–H groups in total. The lowest BCUT2D eigenvalue weighted by Gasteiger charge is -2.17. The van der Waals surface area contributed by atoms with Crippen molar-refractivity contribution >= 4 is 0 Å². The first kappa shape index (κ1) is 14.8. The van der Waals surface area contributed by atoms with Gasteiger partial charge in [0.15, 0.2) is 0 Å². The molecule has 0 bridgehead atoms. The van der Waals surface area contributed by atoms with Gasteiger partial charge in [-0.2, -0.15) is 0 Å². The maximum Gasteiger partial charge on any atom is 0.0951 e. The summed E-state index contributed by atoms with van der Waals surface area (Å²) in [5, 5.41) is 3.49. The summed E-state index contributed by atoms with van der Waals surface area (Å²) in [6, 6.07) is 11.1. The van der Waals surface area contributed by atoms with Gasteiger partial charge in [-0.15, -0.1) is 0 Å². The van der Waals surface area contributed by atoms with E-state index < -0.39 is 0 Å². The molecule has 3 heteroatoms. The molecule has 1 heterocycles. The fraction of sp³-hybridized carbons (Fsp3) is 0.471. The highest BCUT2D eigenvalue weighted by Crippen LogP contribution is 2.16. The van der Waals surface area contributed by atoms with Gasteiger partial charge in [0.2, 0.25) is 0 Å². The molecular weight excluding hydrogens is 246 g/mol. The van der Waals surface area contributed by atoms with E-state index in [9.17, 15) is 0 Å². The monoisotopic (exact) mass is 271 g/mol. The summed E-state index contributed by atoms with van der Waals surface area (Å²) in [6.07, 6.45) is 4.95. The lowest BCUT2D eigenvalue weighted by Crippen LogP contribution is -2.22. The molecular formula is C17H25N3. The van der Waals surface area contributed by atoms with Crippen LogP contribution in [-0.4, -0.2) is 16.1 Å². The number of rotatable bonds is 7. The van der Waals surface area contributed by atoms with Crippen molar-refractivity contribution in [1.82, 2.24) is 14.9 Å². The molecule has 3 nitrogen and oxygen atoms in total. The minimum atomic E-state index is 0.427. The normalized spacial score (nSPS) is 12.8. The number of nitrogens with zero attached hydrogens (tertiary/aromatic N) is 2. The number of hydrogen-bond acceptors (Lipinski definition) is 2. The minimum Gasteiger partial charge on any atom is -0.330 e. The summed E-state index contributed by atoms with van der Waals surface area (Å²) in [5.74, 6) is 0.674. The Morgan fingerprint density at radius 3 is 2.60 bits per heavy atom. The van der Waals surface area contributed by atoms with Crippen LogP contribution in [0.3, 0.4) is 0 Å². The number of benzene rings is 1. The Labute approximate surface area is 122 Å². The predicted molar refractivity (Wildman–Crippen MR) is 83.6 cm³/mol. The van der Waals surface area contributed by atoms with Crippen molar-refractivity contribution < 1.29 is 0 Å². The molecule has 1 aromatic carbocycles. The fourth-order valence-corrected chi connectivity index (χ4v) is 2.41. The molecule has 0 aliphatic rings. The largest absolute Gasteiger partial charge is 0.330 e. The Balaban J connectivity index is 1.96. The standard InChI is InChI=1S/C17H25N3/c1-14(2)10-18-11-17-12-19-13-20(17)15(3)9-16-7-5-4-6-8-16/h4-8,12-15,18H,9-11H2,1-3H3. The summed E-state index contributed by atoms with van der Waals surface area (Å²) in [5.41, 5.74) is 2.63. The highest BCUT2D eigenvalue weighted by molar-refractivity contribution is 5.16. The lowest BCUT2D eigenvalue weighted by atomic mass is 10.1. The summed E-state index contributed by atoms with van der Waals surface area (Å²) in [6.45, 7) is 8.63. The average Bonchev–Trinajstić information content (AvgIpc) is 2.88. The van der Waals surface area contributed by atoms with Gasteiger partial charge in [-0.1, -0.05) is 44.2 Å². The maximum atomic E-state index is 4.31. The van der Waals surface area contributed by atoms with Gasteiger partial charge in [-0.25, -0.2) is 4.98 Å². The molecule has 108 valence electrons. The van der Waals surface area contributed by atoms with Gasteiger partial charge < -0.3 is 9.88 Å². The van der Waals surface area contributed by atoms with Gasteiger partial charge in [0.05, 0.1) is 12.0 Å². The number of hydrogen-bond donors (Lipinski definition) is 1. The van der Waals surface area contributed by atoms with Crippen LogP contribution in [0.4, 0.5) is 0 Å². The second-order valence-corrected chi connectivity index (χ2v) is 5.86. The highest BCUT2D eigenvalue weighted by Gasteiger charge is 2.10. The van der Waals surface area contributed by atoms with Gasteiger partial charge in [0.25, 0.3) is 0 Å². The summed E-state index contributed by atoms with van der Waals surface area (Å²) in [4.78, 5) is 4.31. The van der Waals surface area contributed by atoms with Crippen LogP contribution in [0.1, 0.15) is 38.1 Å². The number of nitrogens with one attached hydrogen (secondary N) is 1. The second-order valence-electron chi connectivity index (χ2n) is 5.86. The van der Waals surface area contributed by atoms with E-state index in [1.165, 1.54) is 11.3 Å². The third kappa shape index (κ3) is 4.20. The van der Waals surface area contributed by atoms with Crippen LogP contribution in [0.25, 0.3) is 0 Å². The predicted octanol–water partition coefficient (Wildman–Crippen LogP) is 3.43. The molecule has 1 aromatic heterocycles. The number of imidazole rings is 1. The van der Waals surface area contributed by atoms with E-state index in [1.54, 1.807) is 0 Å². The molecule has 1 unspecified atom stereocenters. The SMILES string of the molecule is CC(C)CNCc1cncn1C(C)Cc1ccccc1. The Morgan fingerprint density at radius 2 is 1.90 bits per heavy atom. The van der Waals surface area contributed by atoms with Crippen molar-refractivity contribution in [3.05, 3.63) is 54.1 Å². The zero-order valence-corrected chi connectivity index (χ0v) is 12.7. The van der Waals surface area contributed by atoms with Crippen molar-refractivity contribution in [2.45, 2.75) is 39.8 Å². The third-order valence-corrected chi connectivity index (χ3v) is 3.45. The molecule has 2 aromatic rings. The van der Waals surface area contributed by atoms with Crippen molar-refractivity contribution in [2.24, 2.45) is 5.92 Å². The van der Waals surface area contributed by atoms with Crippen molar-refractivity contribution in [3.63, 3.8) is 0 Å². The molecule has 0 saturated carbocycles. The van der Waals surface area contributed by atoms with Crippen LogP contribution in [-0.2, 0) is 13.0 Å². The molecule has 2 rings (SSSR count). The fourth-order valence-electron chi connectivity index (χ4n) is 2.41. The first-order chi connectivity index (χ1) is 9.66. The van der Waals surface area contributed by atoms with E-state index in [2.05, 4.69) is 66.0 Å². The van der Waals surface area contributed by atoms with Gasteiger partial charge in [0.1, 0.15) is 0 Å². The first-order valence-corrected chi connectivity index (χ1v) is 7.42. The molecule has 0 amide bonds. The maximum absolute atomic E-state index is 4.31. The number of aromatic nitrogens is 2. The van der Waals surface area contributed by atoms with Crippen LogP contribution < -0.4 is 5.32 Å². The van der Waals surface area contributed by atoms with Crippen LogP contribution in [0, 0.1) is 5.92 Å². The van der Waals surface area contributed by atoms with Gasteiger partial charge in [-0.05, 0) is 31.4 Å². The van der Waals surface area contributed by atoms with Crippen LogP contribution in [0.2, 0.25) is 0 Å². The van der Waals surface area contributed by atoms with E-state index in [4.69, 9.17) is 0 Å². The molecule has 0 fully saturated rings. The van der Waals surface area contributed by atoms with Crippen molar-refractivity contribution in [2.75, 3.05) is 6.54 Å². The van der Waals surface area contributed by atoms with Crippen molar-refractivity contribution in [3.8, 4) is 0 Å². The Morgan fingerprint density at radius 1 is 1.15 bits per heavy atom. The summed E-state index contributed by atoms with van der Waals surface area (Å²) < 4.78 is 2.28. The van der Waals surface area contributed by atoms with Crippen LogP contribution in [0.15, 0.2) is 42.9 Å². The lowest BCUT2D eigenvalue weighted by molar-refractivity contribution is 0.494. The Bertz CT molecular complexity index is 502. The van der Waals surface area contributed by atoms with E-state index in [0.29, 0.717) is 12.0 Å². The molecule has 0 radical (unpaired) electrons. The molecule has 0 aliphatic heterocycles. The van der Waals surface area contributed by atoms with E-state index >= 15 is 0 Å². The van der Waals surface area contributed by atoms with Crippen LogP contribution in [0.5, 0.6) is 0 Å². The van der Waals surface area contributed by atoms with Gasteiger partial charge in [0, 0.05) is 18.8 Å². The highest BCUT2D eigenvalue weighted by atomic mass is 15.1. The van der Waals surface area contributed by atoms with Crippen molar-refractivity contribution in [1.29, 1.82) is 0 Å². The average molecular weight is 271 g/mol. The molecule has 20 heavy (non-hydrogen) atoms. The van der Waals surface area contributed by atoms with E-state index in [1.807, 2.05) is 12.5 Å². The summed E-state index contributed by atoms with van der Waals surface area (Å²) >= 11 is 0. The quantitative estimate of drug-likeness (QED) is 0.836. The Kier molecular flexibility index (Phi) is 5.36. The van der Waals surface area contributed by atoms with Gasteiger partial charge in [-0.3, -0.25) is 0 Å². The van der Waals surface area contributed by atoms with Gasteiger partial charge >= 0.3 is 0 Å². The minimum absolute atomic E-state index is 0.427. The Hall–Kier alpha value is -1.61. The molecule has 0 aliphatic carbocycles. The zero-order chi connectivity index (χ0) is 14.4. The van der Waals surface area contributed by atoms with E-state index in [-0.39, 0.29) is 0 Å². The summed E-state index contributed by atoms with van der Waals surface area (Å²) in [7, 11) is 0. The third-order valence-electron chi connectivity index (χ3n) is 3.45. The van der Waals surface area contributed by atoms with E-state index in [0.717, 1.165) is 19.5 Å². The first-order valence-electron chi connectivity index (χ1n) is 7.42. The molecule has 0 saturated heterocycles. The molecule has 0 spiro atoms. The van der Waals surface area contributed by atoms with Crippen LogP contribution >= 0.6 is 0 Å². The molecule has 1 atom stereocenters. The zero-order valence-electron chi connectivity index (χ0n) is 12.7. The topological polar surface area (TPSA) is 29.9 Å². The second kappa shape index (κ2) is 7.25. The smallest absolute Gasteiger partial charge is 0.0951 e.